The lowest BCUT2D eigenvalue weighted by Crippen LogP contribution is -2.39. The Kier molecular flexibility index (Phi) is 7.25. The molecule has 30 heavy (non-hydrogen) atoms. The minimum absolute atomic E-state index is 0.0934. The van der Waals surface area contributed by atoms with Crippen molar-refractivity contribution in [2.24, 2.45) is 0 Å². The summed E-state index contributed by atoms with van der Waals surface area (Å²) in [4.78, 5) is 26.4. The number of hydrogen-bond donors (Lipinski definition) is 4. The molecule has 1 amide bonds. The van der Waals surface area contributed by atoms with Gasteiger partial charge in [0.15, 0.2) is 0 Å². The number of H-pyrrole nitrogens is 1. The van der Waals surface area contributed by atoms with Gasteiger partial charge in [-0.3, -0.25) is 9.59 Å². The Morgan fingerprint density at radius 3 is 2.77 bits per heavy atom. The Morgan fingerprint density at radius 1 is 1.13 bits per heavy atom. The Bertz CT molecular complexity index is 1090. The van der Waals surface area contributed by atoms with E-state index < -0.39 is 12.0 Å². The summed E-state index contributed by atoms with van der Waals surface area (Å²) in [5.41, 5.74) is 3.20. The lowest BCUT2D eigenvalue weighted by molar-refractivity contribution is -0.137. The van der Waals surface area contributed by atoms with E-state index in [2.05, 4.69) is 22.1 Å². The number of para-hydroxylation sites is 1. The second-order valence-corrected chi connectivity index (χ2v) is 7.05. The molecule has 6 heteroatoms. The van der Waals surface area contributed by atoms with Crippen LogP contribution in [0.25, 0.3) is 10.9 Å². The van der Waals surface area contributed by atoms with Gasteiger partial charge in [0.05, 0.1) is 12.6 Å². The van der Waals surface area contributed by atoms with Gasteiger partial charge in [0.25, 0.3) is 5.91 Å². The molecule has 0 aliphatic carbocycles. The van der Waals surface area contributed by atoms with E-state index in [0.717, 1.165) is 16.5 Å². The maximum absolute atomic E-state index is 12.7. The molecule has 0 aliphatic heterocycles. The second kappa shape index (κ2) is 10.3. The van der Waals surface area contributed by atoms with Crippen LogP contribution in [0.2, 0.25) is 0 Å². The van der Waals surface area contributed by atoms with Crippen LogP contribution in [0.3, 0.4) is 0 Å². The van der Waals surface area contributed by atoms with E-state index in [1.54, 1.807) is 24.3 Å². The summed E-state index contributed by atoms with van der Waals surface area (Å²) < 4.78 is 0. The second-order valence-electron chi connectivity index (χ2n) is 7.05. The van der Waals surface area contributed by atoms with Gasteiger partial charge >= 0.3 is 5.97 Å². The van der Waals surface area contributed by atoms with E-state index in [0.29, 0.717) is 30.4 Å². The predicted molar refractivity (Wildman–Crippen MR) is 115 cm³/mol. The van der Waals surface area contributed by atoms with Gasteiger partial charge in [0.1, 0.15) is 0 Å². The number of fused-ring (bicyclic) bond motifs is 1. The Morgan fingerprint density at radius 2 is 1.97 bits per heavy atom. The summed E-state index contributed by atoms with van der Waals surface area (Å²) in [7, 11) is 0. The minimum Gasteiger partial charge on any atom is -0.481 e. The summed E-state index contributed by atoms with van der Waals surface area (Å²) in [6.07, 6.45) is 3.49. The quantitative estimate of drug-likeness (QED) is 0.342. The third-order valence-electron chi connectivity index (χ3n) is 4.75. The molecular weight excluding hydrogens is 380 g/mol. The van der Waals surface area contributed by atoms with Crippen LogP contribution in [-0.2, 0) is 11.2 Å². The van der Waals surface area contributed by atoms with Gasteiger partial charge in [-0.1, -0.05) is 36.1 Å². The van der Waals surface area contributed by atoms with Gasteiger partial charge in [-0.05, 0) is 42.7 Å². The molecule has 3 aromatic rings. The highest BCUT2D eigenvalue weighted by molar-refractivity contribution is 5.94. The fourth-order valence-electron chi connectivity index (χ4n) is 3.23. The lowest BCUT2D eigenvalue weighted by Gasteiger charge is -2.16. The molecule has 6 nitrogen and oxygen atoms in total. The minimum atomic E-state index is -0.832. The molecule has 154 valence electrons. The number of nitrogens with one attached hydrogen (secondary N) is 2. The summed E-state index contributed by atoms with van der Waals surface area (Å²) >= 11 is 0. The maximum Gasteiger partial charge on any atom is 0.303 e. The molecule has 4 N–H and O–H groups in total. The predicted octanol–water partition coefficient (Wildman–Crippen LogP) is 3.11. The number of aliphatic carboxylic acids is 1. The highest BCUT2D eigenvalue weighted by atomic mass is 16.4. The number of unbranched alkanes of at least 4 members (excludes halogenated alkanes) is 1. The number of aromatic nitrogens is 1. The van der Waals surface area contributed by atoms with Crippen LogP contribution in [-0.4, -0.2) is 39.7 Å². The molecule has 2 aromatic carbocycles. The number of hydrogen-bond acceptors (Lipinski definition) is 3. The summed E-state index contributed by atoms with van der Waals surface area (Å²) in [6.45, 7) is -0.172. The van der Waals surface area contributed by atoms with Crippen LogP contribution < -0.4 is 5.32 Å². The van der Waals surface area contributed by atoms with E-state index in [4.69, 9.17) is 5.11 Å². The van der Waals surface area contributed by atoms with Gasteiger partial charge in [0.2, 0.25) is 0 Å². The molecule has 3 rings (SSSR count). The average molecular weight is 404 g/mol. The number of carboxylic acids is 1. The Hall–Kier alpha value is -3.56. The number of carboxylic acid groups (broad SMARTS) is 1. The molecule has 1 heterocycles. The van der Waals surface area contributed by atoms with Crippen molar-refractivity contribution in [3.8, 4) is 11.8 Å². The van der Waals surface area contributed by atoms with E-state index in [1.165, 1.54) is 0 Å². The van der Waals surface area contributed by atoms with Crippen molar-refractivity contribution >= 4 is 22.8 Å². The monoisotopic (exact) mass is 404 g/mol. The van der Waals surface area contributed by atoms with Crippen molar-refractivity contribution in [2.45, 2.75) is 31.7 Å². The van der Waals surface area contributed by atoms with Crippen LogP contribution in [0, 0.1) is 11.8 Å². The van der Waals surface area contributed by atoms with Crippen molar-refractivity contribution in [2.75, 3.05) is 6.61 Å². The highest BCUT2D eigenvalue weighted by Crippen LogP contribution is 2.19. The number of carbonyl (C=O) groups is 2. The third kappa shape index (κ3) is 5.72. The molecule has 0 unspecified atom stereocenters. The van der Waals surface area contributed by atoms with Gasteiger partial charge in [-0.2, -0.15) is 0 Å². The molecule has 0 saturated heterocycles. The third-order valence-corrected chi connectivity index (χ3v) is 4.75. The van der Waals surface area contributed by atoms with Crippen LogP contribution >= 0.6 is 0 Å². The van der Waals surface area contributed by atoms with Crippen molar-refractivity contribution in [1.82, 2.24) is 10.3 Å². The zero-order chi connectivity index (χ0) is 21.3. The molecule has 0 bridgehead atoms. The Balaban J connectivity index is 1.63. The molecule has 1 atom stereocenters. The number of benzene rings is 2. The standard InChI is InChI=1S/C24H24N2O4/c27-16-20(14-19-15-25-22-11-5-4-10-21(19)22)26-24(30)18-9-6-8-17(13-18)7-2-1-3-12-23(28)29/h4-6,8-11,13,15,20,25,27H,1,3,12,14,16H2,(H,26,30)(H,28,29)/t20-/m1/s1. The van der Waals surface area contributed by atoms with Crippen LogP contribution in [0.1, 0.15) is 40.7 Å². The molecule has 0 saturated carbocycles. The topological polar surface area (TPSA) is 102 Å². The first-order chi connectivity index (χ1) is 14.6. The highest BCUT2D eigenvalue weighted by Gasteiger charge is 2.16. The molecular formula is C24H24N2O4. The van der Waals surface area contributed by atoms with Crippen LogP contribution in [0.5, 0.6) is 0 Å². The fourth-order valence-corrected chi connectivity index (χ4v) is 3.23. The number of carbonyl (C=O) groups excluding carboxylic acids is 1. The van der Waals surface area contributed by atoms with Gasteiger partial charge in [-0.25, -0.2) is 0 Å². The van der Waals surface area contributed by atoms with Crippen molar-refractivity contribution in [3.63, 3.8) is 0 Å². The van der Waals surface area contributed by atoms with E-state index in [-0.39, 0.29) is 18.9 Å². The fraction of sp³-hybridized carbons (Fsp3) is 0.250. The number of rotatable bonds is 8. The number of amides is 1. The van der Waals surface area contributed by atoms with Gasteiger partial charge in [0, 0.05) is 41.1 Å². The van der Waals surface area contributed by atoms with Crippen LogP contribution in [0.15, 0.2) is 54.7 Å². The van der Waals surface area contributed by atoms with E-state index >= 15 is 0 Å². The smallest absolute Gasteiger partial charge is 0.303 e. The van der Waals surface area contributed by atoms with E-state index in [9.17, 15) is 14.7 Å². The number of aromatic amines is 1. The van der Waals surface area contributed by atoms with Gasteiger partial charge < -0.3 is 20.5 Å². The molecule has 0 fully saturated rings. The lowest BCUT2D eigenvalue weighted by atomic mass is 10.0. The van der Waals surface area contributed by atoms with Crippen molar-refractivity contribution < 1.29 is 19.8 Å². The van der Waals surface area contributed by atoms with Crippen LogP contribution in [0.4, 0.5) is 0 Å². The number of aliphatic hydroxyl groups excluding tert-OH is 1. The average Bonchev–Trinajstić information content (AvgIpc) is 3.16. The Labute approximate surface area is 174 Å². The molecule has 0 aliphatic rings. The summed E-state index contributed by atoms with van der Waals surface area (Å²) in [5, 5.41) is 22.4. The maximum atomic E-state index is 12.7. The zero-order valence-electron chi connectivity index (χ0n) is 16.5. The first-order valence-electron chi connectivity index (χ1n) is 9.84. The summed E-state index contributed by atoms with van der Waals surface area (Å²) in [5.74, 6) is 4.79. The normalized spacial score (nSPS) is 11.5. The largest absolute Gasteiger partial charge is 0.481 e. The van der Waals surface area contributed by atoms with Crippen molar-refractivity contribution in [3.05, 3.63) is 71.4 Å². The first kappa shape index (κ1) is 21.2. The first-order valence-corrected chi connectivity index (χ1v) is 9.84. The molecule has 0 spiro atoms. The van der Waals surface area contributed by atoms with Crippen molar-refractivity contribution in [1.29, 1.82) is 0 Å². The SMILES string of the molecule is O=C(O)CCCC#Cc1cccc(C(=O)N[C@@H](CO)Cc2c[nH]c3ccccc23)c1. The molecule has 0 radical (unpaired) electrons. The van der Waals surface area contributed by atoms with Gasteiger partial charge in [-0.15, -0.1) is 0 Å². The number of aliphatic hydroxyl groups is 1. The molecule has 1 aromatic heterocycles. The summed E-state index contributed by atoms with van der Waals surface area (Å²) in [6, 6.07) is 14.4. The zero-order valence-corrected chi connectivity index (χ0v) is 16.5. The van der Waals surface area contributed by atoms with E-state index in [1.807, 2.05) is 30.5 Å².